The molecule has 0 unspecified atom stereocenters. The number of rotatable bonds is 12. The highest BCUT2D eigenvalue weighted by atomic mass is 32.2. The molecule has 45 heavy (non-hydrogen) atoms. The fraction of sp³-hybridized carbons (Fsp3) is 0.455. The van der Waals surface area contributed by atoms with Gasteiger partial charge < -0.3 is 30.8 Å². The van der Waals surface area contributed by atoms with E-state index in [1.54, 1.807) is 17.8 Å². The van der Waals surface area contributed by atoms with E-state index in [0.29, 0.717) is 23.2 Å². The van der Waals surface area contributed by atoms with Crippen LogP contribution in [0.4, 0.5) is 0 Å². The molecule has 0 spiro atoms. The number of hydrogen-bond acceptors (Lipinski definition) is 6. The van der Waals surface area contributed by atoms with E-state index >= 15 is 0 Å². The van der Waals surface area contributed by atoms with Crippen molar-refractivity contribution in [1.29, 1.82) is 0 Å². The molecule has 6 N–H and O–H groups in total. The quantitative estimate of drug-likeness (QED) is 0.137. The van der Waals surface area contributed by atoms with E-state index in [2.05, 4.69) is 33.2 Å². The van der Waals surface area contributed by atoms with Gasteiger partial charge in [-0.3, -0.25) is 19.2 Å². The molecule has 240 valence electrons. The van der Waals surface area contributed by atoms with Crippen molar-refractivity contribution < 1.29 is 29.4 Å². The zero-order valence-electron chi connectivity index (χ0n) is 25.9. The Labute approximate surface area is 271 Å². The van der Waals surface area contributed by atoms with Gasteiger partial charge in [-0.15, -0.1) is 0 Å². The van der Waals surface area contributed by atoms with Crippen LogP contribution in [-0.2, 0) is 32.0 Å². The molecule has 0 aliphatic carbocycles. The van der Waals surface area contributed by atoms with Crippen molar-refractivity contribution >= 4 is 66.4 Å². The smallest absolute Gasteiger partial charge is 0.307 e. The number of carbonyl (C=O) groups excluding carboxylic acids is 2. The first-order valence-corrected chi connectivity index (χ1v) is 16.9. The molecule has 0 aromatic carbocycles. The first-order valence-electron chi connectivity index (χ1n) is 15.2. The standard InChI is InChI=1S/C33H40N4O6S2/c1-15-19(5-7-29(38)39)25(34-22(15)11-24-18(4)31(28-14-45-28)33(43)36-24)13-26-20(6-8-30(40)41)16(2)23(35-26)12-27-21(9-10-44)17(3)32(42)37-27/h5,12-13,17,21,24,28,34-35,44H,6-11,14H2,1-4H3,(H,36,43)(H,37,42)(H,38,39)(H,40,41)/b19-5+,25-13-,27-12-/t17-,21-,24-,28-/m1/s1. The third kappa shape index (κ3) is 6.96. The summed E-state index contributed by atoms with van der Waals surface area (Å²) >= 11 is 6.15. The summed E-state index contributed by atoms with van der Waals surface area (Å²) in [5.41, 5.74) is 7.71. The molecule has 2 aromatic heterocycles. The molecule has 12 heteroatoms. The van der Waals surface area contributed by atoms with Crippen LogP contribution in [0.5, 0.6) is 0 Å². The summed E-state index contributed by atoms with van der Waals surface area (Å²) in [7, 11) is 0. The van der Waals surface area contributed by atoms with Gasteiger partial charge in [0.1, 0.15) is 0 Å². The third-order valence-corrected chi connectivity index (χ3v) is 10.4. The fourth-order valence-corrected chi connectivity index (χ4v) is 7.48. The Kier molecular flexibility index (Phi) is 9.74. The number of carboxylic acid groups (broad SMARTS) is 2. The van der Waals surface area contributed by atoms with Gasteiger partial charge in [0.15, 0.2) is 0 Å². The average molecular weight is 653 g/mol. The molecule has 0 bridgehead atoms. The van der Waals surface area contributed by atoms with Gasteiger partial charge in [-0.2, -0.15) is 24.4 Å². The van der Waals surface area contributed by atoms with Crippen molar-refractivity contribution in [2.75, 3.05) is 11.5 Å². The van der Waals surface area contributed by atoms with Crippen molar-refractivity contribution in [3.05, 3.63) is 61.2 Å². The van der Waals surface area contributed by atoms with Crippen LogP contribution >= 0.6 is 24.4 Å². The molecular weight excluding hydrogens is 613 g/mol. The number of amides is 2. The maximum atomic E-state index is 12.7. The molecule has 3 aliphatic rings. The van der Waals surface area contributed by atoms with Crippen LogP contribution in [0.3, 0.4) is 0 Å². The summed E-state index contributed by atoms with van der Waals surface area (Å²) in [4.78, 5) is 55.3. The maximum Gasteiger partial charge on any atom is 0.307 e. The monoisotopic (exact) mass is 652 g/mol. The highest BCUT2D eigenvalue weighted by Crippen LogP contribution is 2.40. The molecule has 2 saturated heterocycles. The Bertz CT molecular complexity index is 1750. The number of allylic oxidation sites excluding steroid dienone is 1. The topological polar surface area (TPSA) is 164 Å². The highest BCUT2D eigenvalue weighted by Gasteiger charge is 2.39. The summed E-state index contributed by atoms with van der Waals surface area (Å²) < 4.78 is 0. The normalized spacial score (nSPS) is 24.6. The lowest BCUT2D eigenvalue weighted by Gasteiger charge is -2.12. The number of carboxylic acids is 2. The molecule has 0 radical (unpaired) electrons. The molecule has 2 amide bonds. The molecular formula is C33H40N4O6S2. The summed E-state index contributed by atoms with van der Waals surface area (Å²) in [6.45, 7) is 7.78. The van der Waals surface area contributed by atoms with Gasteiger partial charge in [0.25, 0.3) is 0 Å². The number of aliphatic carboxylic acids is 2. The Morgan fingerprint density at radius 3 is 2.42 bits per heavy atom. The second-order valence-corrected chi connectivity index (χ2v) is 13.8. The van der Waals surface area contributed by atoms with Gasteiger partial charge in [-0.25, -0.2) is 0 Å². The van der Waals surface area contributed by atoms with Crippen LogP contribution in [0.2, 0.25) is 0 Å². The molecule has 5 rings (SSSR count). The summed E-state index contributed by atoms with van der Waals surface area (Å²) in [5.74, 6) is -0.484. The van der Waals surface area contributed by atoms with Gasteiger partial charge in [-0.1, -0.05) is 13.0 Å². The number of hydrogen-bond donors (Lipinski definition) is 7. The van der Waals surface area contributed by atoms with Crippen molar-refractivity contribution in [2.45, 2.75) is 71.1 Å². The van der Waals surface area contributed by atoms with E-state index in [1.165, 1.54) is 0 Å². The van der Waals surface area contributed by atoms with Gasteiger partial charge in [0, 0.05) is 69.4 Å². The van der Waals surface area contributed by atoms with Crippen LogP contribution < -0.4 is 21.2 Å². The predicted molar refractivity (Wildman–Crippen MR) is 178 cm³/mol. The number of carbonyl (C=O) groups is 4. The maximum absolute atomic E-state index is 12.7. The van der Waals surface area contributed by atoms with Crippen LogP contribution in [-0.4, -0.2) is 66.7 Å². The molecule has 4 atom stereocenters. The zero-order valence-corrected chi connectivity index (χ0v) is 27.6. The molecule has 2 fully saturated rings. The van der Waals surface area contributed by atoms with Gasteiger partial charge >= 0.3 is 11.9 Å². The van der Waals surface area contributed by atoms with Crippen molar-refractivity contribution in [1.82, 2.24) is 20.6 Å². The number of thioether (sulfide) groups is 1. The van der Waals surface area contributed by atoms with E-state index in [9.17, 15) is 29.4 Å². The summed E-state index contributed by atoms with van der Waals surface area (Å²) in [6, 6.07) is -0.155. The number of H-pyrrole nitrogens is 2. The zero-order chi connectivity index (χ0) is 32.6. The Hall–Kier alpha value is -3.64. The lowest BCUT2D eigenvalue weighted by Crippen LogP contribution is -2.31. The van der Waals surface area contributed by atoms with E-state index in [-0.39, 0.29) is 54.2 Å². The number of aromatic nitrogens is 2. The van der Waals surface area contributed by atoms with Crippen molar-refractivity contribution in [3.8, 4) is 0 Å². The summed E-state index contributed by atoms with van der Waals surface area (Å²) in [6.07, 6.45) is 6.84. The molecule has 5 heterocycles. The van der Waals surface area contributed by atoms with Crippen LogP contribution in [0, 0.1) is 25.7 Å². The second-order valence-electron chi connectivity index (χ2n) is 12.1. The minimum atomic E-state index is -0.952. The van der Waals surface area contributed by atoms with E-state index in [4.69, 9.17) is 0 Å². The van der Waals surface area contributed by atoms with Crippen LogP contribution in [0.1, 0.15) is 66.9 Å². The minimum absolute atomic E-state index is 0.00560. The largest absolute Gasteiger partial charge is 0.481 e. The number of thiol groups is 1. The first-order chi connectivity index (χ1) is 21.4. The SMILES string of the molecule is CC1=C([C@H]2CS2)C(=O)N[C@@H]1Cc1[nH]c(=C\c2[nH]c(/C=C3\NC(=O)[C@H](C)[C@H]3CCS)c(C)c2CCC(=O)O)/c(=C/CC(=O)O)c1C. The second kappa shape index (κ2) is 13.4. The Morgan fingerprint density at radius 2 is 1.78 bits per heavy atom. The predicted octanol–water partition coefficient (Wildman–Crippen LogP) is 2.58. The molecule has 10 nitrogen and oxygen atoms in total. The van der Waals surface area contributed by atoms with E-state index in [0.717, 1.165) is 62.3 Å². The van der Waals surface area contributed by atoms with Crippen LogP contribution in [0.25, 0.3) is 18.2 Å². The lowest BCUT2D eigenvalue weighted by atomic mass is 9.91. The highest BCUT2D eigenvalue weighted by molar-refractivity contribution is 8.07. The van der Waals surface area contributed by atoms with Gasteiger partial charge in [0.05, 0.1) is 12.5 Å². The molecule has 0 saturated carbocycles. The van der Waals surface area contributed by atoms with Gasteiger partial charge in [-0.05, 0) is 79.0 Å². The first kappa shape index (κ1) is 32.7. The van der Waals surface area contributed by atoms with E-state index < -0.39 is 11.9 Å². The van der Waals surface area contributed by atoms with Crippen molar-refractivity contribution in [3.63, 3.8) is 0 Å². The third-order valence-electron chi connectivity index (χ3n) is 9.23. The van der Waals surface area contributed by atoms with Gasteiger partial charge in [0.2, 0.25) is 11.8 Å². The number of nitrogens with one attached hydrogen (secondary N) is 4. The number of aromatic amines is 2. The summed E-state index contributed by atoms with van der Waals surface area (Å²) in [5, 5.41) is 26.8. The lowest BCUT2D eigenvalue weighted by molar-refractivity contribution is -0.137. The Balaban J connectivity index is 1.60. The average Bonchev–Trinajstić information content (AvgIpc) is 3.56. The fourth-order valence-electron chi connectivity index (χ4n) is 6.48. The Morgan fingerprint density at radius 1 is 1.04 bits per heavy atom. The minimum Gasteiger partial charge on any atom is -0.481 e. The van der Waals surface area contributed by atoms with Crippen molar-refractivity contribution in [2.24, 2.45) is 11.8 Å². The van der Waals surface area contributed by atoms with E-state index in [1.807, 2.05) is 39.8 Å². The van der Waals surface area contributed by atoms with Crippen LogP contribution in [0.15, 0.2) is 16.8 Å². The molecule has 2 aromatic rings. The molecule has 3 aliphatic heterocycles.